The smallest absolute Gasteiger partial charge is 0.252 e. The summed E-state index contributed by atoms with van der Waals surface area (Å²) in [5, 5.41) is 0. The van der Waals surface area contributed by atoms with E-state index in [1.807, 2.05) is 36.4 Å². The van der Waals surface area contributed by atoms with E-state index in [1.165, 1.54) is 11.3 Å². The van der Waals surface area contributed by atoms with Gasteiger partial charge in [0.15, 0.2) is 16.3 Å². The molecule has 152 valence electrons. The summed E-state index contributed by atoms with van der Waals surface area (Å²) in [6, 6.07) is 11.5. The second-order valence-electron chi connectivity index (χ2n) is 6.52. The molecule has 1 amide bonds. The lowest BCUT2D eigenvalue weighted by Gasteiger charge is -2.18. The average Bonchev–Trinajstić information content (AvgIpc) is 3.06. The van der Waals surface area contributed by atoms with E-state index in [0.29, 0.717) is 18.0 Å². The second-order valence-corrected chi connectivity index (χ2v) is 8.52. The van der Waals surface area contributed by atoms with Crippen molar-refractivity contribution in [2.24, 2.45) is 4.99 Å². The highest BCUT2D eigenvalue weighted by Crippen LogP contribution is 2.35. The zero-order chi connectivity index (χ0) is 20.2. The van der Waals surface area contributed by atoms with Gasteiger partial charge >= 0.3 is 0 Å². The summed E-state index contributed by atoms with van der Waals surface area (Å²) >= 11 is 3.26. The van der Waals surface area contributed by atoms with Gasteiger partial charge in [-0.15, -0.1) is 0 Å². The number of hydrogen-bond acceptors (Lipinski definition) is 6. The third kappa shape index (κ3) is 4.43. The van der Waals surface area contributed by atoms with Crippen molar-refractivity contribution in [3.05, 3.63) is 46.8 Å². The van der Waals surface area contributed by atoms with Gasteiger partial charge in [0, 0.05) is 24.4 Å². The molecule has 3 aromatic rings. The maximum Gasteiger partial charge on any atom is 0.252 e. The first-order valence-electron chi connectivity index (χ1n) is 9.30. The van der Waals surface area contributed by atoms with E-state index in [4.69, 9.17) is 14.2 Å². The van der Waals surface area contributed by atoms with Crippen LogP contribution in [0.1, 0.15) is 5.56 Å². The minimum absolute atomic E-state index is 0.170. The fraction of sp³-hybridized carbons (Fsp3) is 0.333. The molecule has 0 bridgehead atoms. The summed E-state index contributed by atoms with van der Waals surface area (Å²) in [5.74, 6) is 3.02. The number of amides is 1. The summed E-state index contributed by atoms with van der Waals surface area (Å²) in [4.78, 5) is 17.8. The topological polar surface area (TPSA) is 62.0 Å². The van der Waals surface area contributed by atoms with Gasteiger partial charge in [-0.05, 0) is 24.0 Å². The van der Waals surface area contributed by atoms with E-state index < -0.39 is 0 Å². The van der Waals surface area contributed by atoms with Crippen LogP contribution in [-0.4, -0.2) is 42.8 Å². The van der Waals surface area contributed by atoms with Crippen molar-refractivity contribution in [3.63, 3.8) is 0 Å². The molecule has 0 saturated heterocycles. The highest BCUT2D eigenvalue weighted by Gasteiger charge is 2.17. The number of nitrogens with zero attached hydrogens (tertiary/aromatic N) is 2. The minimum atomic E-state index is -0.170. The fourth-order valence-electron chi connectivity index (χ4n) is 3.15. The molecule has 0 spiro atoms. The Kier molecular flexibility index (Phi) is 6.10. The molecule has 0 N–H and O–H groups in total. The minimum Gasteiger partial charge on any atom is -0.497 e. The summed E-state index contributed by atoms with van der Waals surface area (Å²) in [7, 11) is 1.62. The standard InChI is InChI=1S/C21H22N2O4S2/c1-25-15-5-3-14(4-6-15)11-20(24)22-21-23(7-10-28-2)16-12-17-18(13-19(16)29-21)27-9-8-26-17/h3-6,12-13H,7-11H2,1-2H3. The van der Waals surface area contributed by atoms with Gasteiger partial charge in [-0.25, -0.2) is 0 Å². The molecule has 2 heterocycles. The molecule has 1 aromatic heterocycles. The van der Waals surface area contributed by atoms with Crippen molar-refractivity contribution in [1.29, 1.82) is 0 Å². The number of carbonyl (C=O) groups is 1. The summed E-state index contributed by atoms with van der Waals surface area (Å²) < 4.78 is 19.7. The number of thiazole rings is 1. The zero-order valence-electron chi connectivity index (χ0n) is 16.3. The number of benzene rings is 2. The lowest BCUT2D eigenvalue weighted by Crippen LogP contribution is -2.19. The Morgan fingerprint density at radius 2 is 1.93 bits per heavy atom. The third-order valence-corrected chi connectivity index (χ3v) is 6.23. The first-order valence-corrected chi connectivity index (χ1v) is 11.5. The molecule has 0 radical (unpaired) electrons. The first-order chi connectivity index (χ1) is 14.2. The molecular weight excluding hydrogens is 408 g/mol. The van der Waals surface area contributed by atoms with Gasteiger partial charge in [0.2, 0.25) is 0 Å². The number of ether oxygens (including phenoxy) is 3. The molecule has 8 heteroatoms. The first kappa shape index (κ1) is 19.8. The molecule has 29 heavy (non-hydrogen) atoms. The lowest BCUT2D eigenvalue weighted by atomic mass is 10.1. The Morgan fingerprint density at radius 1 is 1.21 bits per heavy atom. The van der Waals surface area contributed by atoms with E-state index in [-0.39, 0.29) is 12.3 Å². The molecule has 4 rings (SSSR count). The molecule has 1 aliphatic heterocycles. The predicted octanol–water partition coefficient (Wildman–Crippen LogP) is 3.52. The lowest BCUT2D eigenvalue weighted by molar-refractivity contribution is -0.117. The van der Waals surface area contributed by atoms with Crippen molar-refractivity contribution in [2.45, 2.75) is 13.0 Å². The molecule has 0 unspecified atom stereocenters. The van der Waals surface area contributed by atoms with E-state index in [1.54, 1.807) is 18.9 Å². The van der Waals surface area contributed by atoms with Crippen molar-refractivity contribution in [1.82, 2.24) is 4.57 Å². The maximum absolute atomic E-state index is 12.6. The number of thioether (sulfide) groups is 1. The number of fused-ring (bicyclic) bond motifs is 2. The van der Waals surface area contributed by atoms with Crippen LogP contribution in [0.15, 0.2) is 41.4 Å². The Labute approximate surface area is 177 Å². The van der Waals surface area contributed by atoms with Crippen LogP contribution in [0.2, 0.25) is 0 Å². The Morgan fingerprint density at radius 3 is 2.62 bits per heavy atom. The van der Waals surface area contributed by atoms with Gasteiger partial charge in [0.05, 0.1) is 23.7 Å². The third-order valence-electron chi connectivity index (χ3n) is 4.60. The number of methoxy groups -OCH3 is 1. The van der Waals surface area contributed by atoms with Crippen LogP contribution in [0, 0.1) is 0 Å². The van der Waals surface area contributed by atoms with E-state index in [0.717, 1.165) is 45.3 Å². The van der Waals surface area contributed by atoms with Gasteiger partial charge in [-0.1, -0.05) is 23.5 Å². The van der Waals surface area contributed by atoms with Crippen molar-refractivity contribution >= 4 is 39.2 Å². The van der Waals surface area contributed by atoms with Gasteiger partial charge in [-0.3, -0.25) is 4.79 Å². The highest BCUT2D eigenvalue weighted by atomic mass is 32.2. The molecule has 1 aliphatic rings. The number of hydrogen-bond donors (Lipinski definition) is 0. The fourth-order valence-corrected chi connectivity index (χ4v) is 4.60. The van der Waals surface area contributed by atoms with Gasteiger partial charge in [-0.2, -0.15) is 16.8 Å². The Balaban J connectivity index is 1.69. The van der Waals surface area contributed by atoms with Crippen LogP contribution in [0.25, 0.3) is 10.2 Å². The normalized spacial score (nSPS) is 13.7. The van der Waals surface area contributed by atoms with E-state index in [2.05, 4.69) is 15.8 Å². The number of rotatable bonds is 6. The average molecular weight is 431 g/mol. The predicted molar refractivity (Wildman–Crippen MR) is 116 cm³/mol. The molecular formula is C21H22N2O4S2. The summed E-state index contributed by atoms with van der Waals surface area (Å²) in [6.07, 6.45) is 2.32. The molecule has 0 atom stereocenters. The monoisotopic (exact) mass is 430 g/mol. The van der Waals surface area contributed by atoms with Crippen LogP contribution < -0.4 is 19.0 Å². The van der Waals surface area contributed by atoms with Crippen LogP contribution in [0.4, 0.5) is 0 Å². The zero-order valence-corrected chi connectivity index (χ0v) is 18.0. The highest BCUT2D eigenvalue weighted by molar-refractivity contribution is 7.98. The van der Waals surface area contributed by atoms with Crippen LogP contribution in [-0.2, 0) is 17.8 Å². The van der Waals surface area contributed by atoms with Crippen LogP contribution >= 0.6 is 23.1 Å². The van der Waals surface area contributed by atoms with Gasteiger partial charge in [0.1, 0.15) is 19.0 Å². The van der Waals surface area contributed by atoms with Gasteiger partial charge < -0.3 is 18.8 Å². The maximum atomic E-state index is 12.6. The molecule has 0 fully saturated rings. The quantitative estimate of drug-likeness (QED) is 0.599. The summed E-state index contributed by atoms with van der Waals surface area (Å²) in [6.45, 7) is 1.87. The largest absolute Gasteiger partial charge is 0.497 e. The molecule has 0 saturated carbocycles. The van der Waals surface area contributed by atoms with Crippen molar-refractivity contribution < 1.29 is 19.0 Å². The number of aryl methyl sites for hydroxylation is 1. The van der Waals surface area contributed by atoms with E-state index in [9.17, 15) is 4.79 Å². The van der Waals surface area contributed by atoms with Crippen LogP contribution in [0.5, 0.6) is 17.2 Å². The van der Waals surface area contributed by atoms with Crippen molar-refractivity contribution in [3.8, 4) is 17.2 Å². The molecule has 2 aromatic carbocycles. The van der Waals surface area contributed by atoms with Gasteiger partial charge in [0.25, 0.3) is 5.91 Å². The van der Waals surface area contributed by atoms with Crippen molar-refractivity contribution in [2.75, 3.05) is 32.3 Å². The molecule has 6 nitrogen and oxygen atoms in total. The second kappa shape index (κ2) is 8.92. The summed E-state index contributed by atoms with van der Waals surface area (Å²) in [5.41, 5.74) is 1.93. The SMILES string of the molecule is COc1ccc(CC(=O)N=c2sc3cc4c(cc3n2CCSC)OCCO4)cc1. The molecule has 0 aliphatic carbocycles. The van der Waals surface area contributed by atoms with Crippen LogP contribution in [0.3, 0.4) is 0 Å². The number of carbonyl (C=O) groups excluding carboxylic acids is 1. The Hall–Kier alpha value is -2.45. The Bertz CT molecular complexity index is 1090. The van der Waals surface area contributed by atoms with E-state index >= 15 is 0 Å². The number of aromatic nitrogens is 1.